The van der Waals surface area contributed by atoms with E-state index in [0.29, 0.717) is 17.9 Å². The second-order valence-corrected chi connectivity index (χ2v) is 6.07. The fourth-order valence-corrected chi connectivity index (χ4v) is 2.66. The summed E-state index contributed by atoms with van der Waals surface area (Å²) in [5, 5.41) is 3.47. The van der Waals surface area contributed by atoms with Crippen molar-refractivity contribution in [3.05, 3.63) is 82.9 Å². The average molecular weight is 340 g/mol. The summed E-state index contributed by atoms with van der Waals surface area (Å²) in [6, 6.07) is 15.5. The van der Waals surface area contributed by atoms with Gasteiger partial charge in [-0.1, -0.05) is 41.9 Å². The topological polar surface area (TPSA) is 57.8 Å². The molecule has 2 aromatic carbocycles. The van der Waals surface area contributed by atoms with Crippen LogP contribution in [0.15, 0.2) is 61.1 Å². The fraction of sp³-hybridized carbons (Fsp3) is 0.158. The van der Waals surface area contributed by atoms with Gasteiger partial charge in [0.2, 0.25) is 5.91 Å². The normalized spacial score (nSPS) is 10.5. The first-order valence-electron chi connectivity index (χ1n) is 7.79. The van der Waals surface area contributed by atoms with E-state index in [1.54, 1.807) is 18.5 Å². The molecule has 0 aliphatic heterocycles. The Kier molecular flexibility index (Phi) is 5.29. The molecule has 5 heteroatoms. The number of H-pyrrole nitrogens is 1. The number of aryl methyl sites for hydroxylation is 1. The molecule has 0 atom stereocenters. The number of hydrogen-bond acceptors (Lipinski definition) is 2. The number of carbonyl (C=O) groups is 1. The van der Waals surface area contributed by atoms with Gasteiger partial charge in [-0.2, -0.15) is 0 Å². The summed E-state index contributed by atoms with van der Waals surface area (Å²) in [5.41, 5.74) is 4.17. The summed E-state index contributed by atoms with van der Waals surface area (Å²) < 4.78 is 0. The number of hydrogen-bond donors (Lipinski definition) is 2. The molecule has 0 fully saturated rings. The van der Waals surface area contributed by atoms with Crippen molar-refractivity contribution in [2.24, 2.45) is 0 Å². The molecule has 1 amide bonds. The van der Waals surface area contributed by atoms with Crippen molar-refractivity contribution in [3.63, 3.8) is 0 Å². The molecular formula is C19H18ClN3O. The number of nitrogens with one attached hydrogen (secondary N) is 2. The number of rotatable bonds is 6. The van der Waals surface area contributed by atoms with E-state index < -0.39 is 0 Å². The van der Waals surface area contributed by atoms with Crippen LogP contribution in [0.5, 0.6) is 0 Å². The summed E-state index contributed by atoms with van der Waals surface area (Å²) in [7, 11) is 0. The lowest BCUT2D eigenvalue weighted by Crippen LogP contribution is -2.12. The molecule has 2 N–H and O–H groups in total. The van der Waals surface area contributed by atoms with E-state index in [2.05, 4.69) is 39.6 Å². The SMILES string of the molecule is O=C(CCc1ccc(Cc2cnc[nH]2)cc1)Nc1cccc(Cl)c1. The van der Waals surface area contributed by atoms with Crippen LogP contribution >= 0.6 is 11.6 Å². The summed E-state index contributed by atoms with van der Waals surface area (Å²) in [6.45, 7) is 0. The highest BCUT2D eigenvalue weighted by Crippen LogP contribution is 2.15. The minimum atomic E-state index is -0.0150. The Morgan fingerprint density at radius 3 is 2.62 bits per heavy atom. The quantitative estimate of drug-likeness (QED) is 0.706. The Labute approximate surface area is 145 Å². The van der Waals surface area contributed by atoms with E-state index in [1.807, 2.05) is 18.3 Å². The van der Waals surface area contributed by atoms with E-state index >= 15 is 0 Å². The third-order valence-corrected chi connectivity index (χ3v) is 3.96. The van der Waals surface area contributed by atoms with Gasteiger partial charge in [-0.25, -0.2) is 4.98 Å². The van der Waals surface area contributed by atoms with Crippen molar-refractivity contribution < 1.29 is 4.79 Å². The highest BCUT2D eigenvalue weighted by molar-refractivity contribution is 6.30. The molecule has 1 heterocycles. The monoisotopic (exact) mass is 339 g/mol. The van der Waals surface area contributed by atoms with Crippen molar-refractivity contribution in [2.75, 3.05) is 5.32 Å². The zero-order chi connectivity index (χ0) is 16.8. The number of aromatic nitrogens is 2. The number of carbonyl (C=O) groups excluding carboxylic acids is 1. The van der Waals surface area contributed by atoms with Crippen LogP contribution in [0.4, 0.5) is 5.69 Å². The van der Waals surface area contributed by atoms with Gasteiger partial charge >= 0.3 is 0 Å². The molecule has 0 unspecified atom stereocenters. The Hall–Kier alpha value is -2.59. The Morgan fingerprint density at radius 2 is 1.92 bits per heavy atom. The lowest BCUT2D eigenvalue weighted by molar-refractivity contribution is -0.116. The molecule has 0 aliphatic carbocycles. The third kappa shape index (κ3) is 4.70. The summed E-state index contributed by atoms with van der Waals surface area (Å²) >= 11 is 5.91. The van der Waals surface area contributed by atoms with Crippen LogP contribution in [-0.4, -0.2) is 15.9 Å². The van der Waals surface area contributed by atoms with E-state index in [4.69, 9.17) is 11.6 Å². The predicted octanol–water partition coefficient (Wildman–Crippen LogP) is 4.23. The van der Waals surface area contributed by atoms with Gasteiger partial charge < -0.3 is 10.3 Å². The van der Waals surface area contributed by atoms with Crippen LogP contribution in [0.2, 0.25) is 5.02 Å². The number of aromatic amines is 1. The molecule has 4 nitrogen and oxygen atoms in total. The molecule has 0 aliphatic rings. The van der Waals surface area contributed by atoms with Crippen LogP contribution in [-0.2, 0) is 17.6 Å². The first-order chi connectivity index (χ1) is 11.7. The van der Waals surface area contributed by atoms with Gasteiger partial charge in [0.1, 0.15) is 0 Å². The van der Waals surface area contributed by atoms with Gasteiger partial charge in [-0.3, -0.25) is 4.79 Å². The van der Waals surface area contributed by atoms with Crippen molar-refractivity contribution in [3.8, 4) is 0 Å². The number of benzene rings is 2. The lowest BCUT2D eigenvalue weighted by Gasteiger charge is -2.06. The number of imidazole rings is 1. The Balaban J connectivity index is 1.50. The molecule has 1 aromatic heterocycles. The first kappa shape index (κ1) is 16.3. The highest BCUT2D eigenvalue weighted by atomic mass is 35.5. The average Bonchev–Trinajstić information content (AvgIpc) is 3.07. The molecule has 24 heavy (non-hydrogen) atoms. The van der Waals surface area contributed by atoms with Crippen LogP contribution in [0, 0.1) is 0 Å². The van der Waals surface area contributed by atoms with Gasteiger partial charge in [0.25, 0.3) is 0 Å². The van der Waals surface area contributed by atoms with Gasteiger partial charge in [0.05, 0.1) is 6.33 Å². The van der Waals surface area contributed by atoms with Crippen LogP contribution in [0.25, 0.3) is 0 Å². The molecule has 3 rings (SSSR count). The predicted molar refractivity (Wildman–Crippen MR) is 96.2 cm³/mol. The summed E-state index contributed by atoms with van der Waals surface area (Å²) in [4.78, 5) is 19.1. The zero-order valence-corrected chi connectivity index (χ0v) is 13.9. The summed E-state index contributed by atoms with van der Waals surface area (Å²) in [6.07, 6.45) is 5.48. The van der Waals surface area contributed by atoms with Crippen molar-refractivity contribution >= 4 is 23.2 Å². The second kappa shape index (κ2) is 7.79. The van der Waals surface area contributed by atoms with E-state index in [0.717, 1.165) is 23.4 Å². The molecule has 3 aromatic rings. The second-order valence-electron chi connectivity index (χ2n) is 5.63. The van der Waals surface area contributed by atoms with Crippen molar-refractivity contribution in [2.45, 2.75) is 19.3 Å². The maximum atomic E-state index is 12.0. The van der Waals surface area contributed by atoms with Crippen molar-refractivity contribution in [1.82, 2.24) is 9.97 Å². The molecule has 0 radical (unpaired) electrons. The van der Waals surface area contributed by atoms with Crippen LogP contribution in [0.1, 0.15) is 23.2 Å². The Morgan fingerprint density at radius 1 is 1.12 bits per heavy atom. The van der Waals surface area contributed by atoms with Gasteiger partial charge in [-0.05, 0) is 35.7 Å². The maximum Gasteiger partial charge on any atom is 0.224 e. The minimum absolute atomic E-state index is 0.0150. The van der Waals surface area contributed by atoms with E-state index in [9.17, 15) is 4.79 Å². The van der Waals surface area contributed by atoms with Crippen LogP contribution in [0.3, 0.4) is 0 Å². The van der Waals surface area contributed by atoms with E-state index in [1.165, 1.54) is 5.56 Å². The number of anilines is 1. The highest BCUT2D eigenvalue weighted by Gasteiger charge is 2.04. The minimum Gasteiger partial charge on any atom is -0.348 e. The molecule has 0 bridgehead atoms. The Bertz CT molecular complexity index is 798. The number of amides is 1. The largest absolute Gasteiger partial charge is 0.348 e. The maximum absolute atomic E-state index is 12.0. The molecule has 0 saturated carbocycles. The molecular weight excluding hydrogens is 322 g/mol. The van der Waals surface area contributed by atoms with E-state index in [-0.39, 0.29) is 5.91 Å². The molecule has 122 valence electrons. The van der Waals surface area contributed by atoms with Gasteiger partial charge in [0.15, 0.2) is 0 Å². The zero-order valence-electron chi connectivity index (χ0n) is 13.1. The van der Waals surface area contributed by atoms with Crippen molar-refractivity contribution in [1.29, 1.82) is 0 Å². The van der Waals surface area contributed by atoms with Gasteiger partial charge in [-0.15, -0.1) is 0 Å². The standard InChI is InChI=1S/C19H18ClN3O/c20-16-2-1-3-17(11-16)23-19(24)9-8-14-4-6-15(7-5-14)10-18-12-21-13-22-18/h1-7,11-13H,8-10H2,(H,21,22)(H,23,24). The fourth-order valence-electron chi connectivity index (χ4n) is 2.47. The third-order valence-electron chi connectivity index (χ3n) is 3.72. The number of halogens is 1. The summed E-state index contributed by atoms with van der Waals surface area (Å²) in [5.74, 6) is -0.0150. The number of nitrogens with zero attached hydrogens (tertiary/aromatic N) is 1. The molecule has 0 saturated heterocycles. The van der Waals surface area contributed by atoms with Crippen LogP contribution < -0.4 is 5.32 Å². The van der Waals surface area contributed by atoms with Gasteiger partial charge in [0, 0.05) is 35.4 Å². The molecule has 0 spiro atoms. The smallest absolute Gasteiger partial charge is 0.224 e. The first-order valence-corrected chi connectivity index (χ1v) is 8.17. The lowest BCUT2D eigenvalue weighted by atomic mass is 10.0.